The van der Waals surface area contributed by atoms with Crippen LogP contribution in [0.2, 0.25) is 0 Å². The number of likely N-dealkylation sites (N-methyl/N-ethyl adjacent to an activating group) is 1. The molecule has 0 saturated carbocycles. The smallest absolute Gasteiger partial charge is 0.254 e. The summed E-state index contributed by atoms with van der Waals surface area (Å²) < 4.78 is 5.21. The molecule has 1 saturated heterocycles. The first-order valence-electron chi connectivity index (χ1n) is 5.68. The highest BCUT2D eigenvalue weighted by atomic mass is 16.5. The molecule has 1 fully saturated rings. The molecule has 17 heavy (non-hydrogen) atoms. The molecule has 1 amide bonds. The molecule has 2 atom stereocenters. The van der Waals surface area contributed by atoms with E-state index in [1.54, 1.807) is 12.0 Å². The van der Waals surface area contributed by atoms with Gasteiger partial charge in [0.1, 0.15) is 0 Å². The molecule has 1 heterocycles. The van der Waals surface area contributed by atoms with Crippen molar-refractivity contribution in [3.63, 3.8) is 0 Å². The van der Waals surface area contributed by atoms with E-state index < -0.39 is 0 Å². The maximum Gasteiger partial charge on any atom is 0.254 e. The number of carbonyl (C=O) groups is 1. The van der Waals surface area contributed by atoms with Crippen molar-refractivity contribution in [1.82, 2.24) is 4.90 Å². The second kappa shape index (κ2) is 4.72. The minimum absolute atomic E-state index is 0.0540. The molecule has 1 aliphatic heterocycles. The summed E-state index contributed by atoms with van der Waals surface area (Å²) in [5, 5.41) is 0. The van der Waals surface area contributed by atoms with Gasteiger partial charge in [-0.1, -0.05) is 36.4 Å². The van der Waals surface area contributed by atoms with Crippen LogP contribution in [0, 0.1) is 0 Å². The van der Waals surface area contributed by atoms with Crippen LogP contribution in [0.4, 0.5) is 0 Å². The molecule has 90 valence electrons. The van der Waals surface area contributed by atoms with Gasteiger partial charge in [-0.2, -0.15) is 0 Å². The van der Waals surface area contributed by atoms with Crippen LogP contribution in [0.3, 0.4) is 0 Å². The van der Waals surface area contributed by atoms with E-state index in [9.17, 15) is 4.79 Å². The number of carbonyl (C=O) groups excluding carboxylic acids is 1. The average molecular weight is 231 g/mol. The van der Waals surface area contributed by atoms with Crippen LogP contribution in [0.1, 0.15) is 12.5 Å². The van der Waals surface area contributed by atoms with Crippen molar-refractivity contribution in [2.24, 2.45) is 0 Å². The molecule has 0 aromatic heterocycles. The number of rotatable bonds is 3. The quantitative estimate of drug-likeness (QED) is 0.744. The summed E-state index contributed by atoms with van der Waals surface area (Å²) >= 11 is 0. The van der Waals surface area contributed by atoms with Gasteiger partial charge in [0.25, 0.3) is 5.91 Å². The Balaban J connectivity index is 2.18. The minimum Gasteiger partial charge on any atom is -0.369 e. The Morgan fingerprint density at radius 2 is 2.00 bits per heavy atom. The van der Waals surface area contributed by atoms with E-state index in [-0.39, 0.29) is 18.1 Å². The third-order valence-corrected chi connectivity index (χ3v) is 3.21. The first-order chi connectivity index (χ1) is 8.15. The second-order valence-corrected chi connectivity index (χ2v) is 4.35. The Labute approximate surface area is 102 Å². The molecule has 0 radical (unpaired) electrons. The van der Waals surface area contributed by atoms with E-state index in [4.69, 9.17) is 4.74 Å². The van der Waals surface area contributed by atoms with Gasteiger partial charge in [-0.3, -0.25) is 4.79 Å². The monoisotopic (exact) mass is 231 g/mol. The number of likely N-dealkylation sites (tertiary alicyclic amines) is 1. The highest BCUT2D eigenvalue weighted by molar-refractivity contribution is 5.90. The molecule has 0 N–H and O–H groups in total. The Morgan fingerprint density at radius 1 is 1.35 bits per heavy atom. The first-order valence-corrected chi connectivity index (χ1v) is 5.68. The van der Waals surface area contributed by atoms with E-state index in [1.165, 1.54) is 0 Å². The summed E-state index contributed by atoms with van der Waals surface area (Å²) in [5.41, 5.74) is 2.29. The lowest BCUT2D eigenvalue weighted by Gasteiger charge is -2.44. The summed E-state index contributed by atoms with van der Waals surface area (Å²) in [6.07, 6.45) is 1.78. The maximum absolute atomic E-state index is 11.5. The summed E-state index contributed by atoms with van der Waals surface area (Å²) in [6.45, 7) is 2.03. The lowest BCUT2D eigenvalue weighted by Crippen LogP contribution is -2.63. The zero-order valence-electron chi connectivity index (χ0n) is 10.4. The van der Waals surface area contributed by atoms with Gasteiger partial charge < -0.3 is 9.64 Å². The van der Waals surface area contributed by atoms with Crippen molar-refractivity contribution in [2.75, 3.05) is 14.2 Å². The highest BCUT2D eigenvalue weighted by Crippen LogP contribution is 2.27. The predicted octanol–water partition coefficient (Wildman–Crippen LogP) is 1.95. The summed E-state index contributed by atoms with van der Waals surface area (Å²) in [4.78, 5) is 13.3. The number of amides is 1. The van der Waals surface area contributed by atoms with E-state index in [0.29, 0.717) is 0 Å². The molecule has 1 aromatic carbocycles. The Kier molecular flexibility index (Phi) is 3.29. The number of methoxy groups -OCH3 is 1. The van der Waals surface area contributed by atoms with Crippen LogP contribution in [0.5, 0.6) is 0 Å². The number of benzene rings is 1. The van der Waals surface area contributed by atoms with Crippen molar-refractivity contribution >= 4 is 12.0 Å². The van der Waals surface area contributed by atoms with Crippen molar-refractivity contribution in [1.29, 1.82) is 0 Å². The molecule has 1 aliphatic rings. The normalized spacial score (nSPS) is 24.8. The number of nitrogens with zero attached hydrogens (tertiary/aromatic N) is 1. The third kappa shape index (κ3) is 2.11. The van der Waals surface area contributed by atoms with Gasteiger partial charge in [0.2, 0.25) is 0 Å². The number of hydrogen-bond acceptors (Lipinski definition) is 2. The molecule has 3 nitrogen and oxygen atoms in total. The fourth-order valence-electron chi connectivity index (χ4n) is 2.27. The first kappa shape index (κ1) is 11.9. The van der Waals surface area contributed by atoms with Crippen LogP contribution in [-0.4, -0.2) is 37.1 Å². The fraction of sp³-hybridized carbons (Fsp3) is 0.357. The molecule has 1 aromatic rings. The SMILES string of the molecule is CO[C@@H]1C(=O)N(C)[C@@H]1/C(C)=C\c1ccccc1. The van der Waals surface area contributed by atoms with Gasteiger partial charge in [0.15, 0.2) is 6.10 Å². The highest BCUT2D eigenvalue weighted by Gasteiger charge is 2.45. The number of β-lactam (4-membered cyclic amide) rings is 1. The lowest BCUT2D eigenvalue weighted by molar-refractivity contribution is -0.163. The van der Waals surface area contributed by atoms with Crippen molar-refractivity contribution in [2.45, 2.75) is 19.1 Å². The van der Waals surface area contributed by atoms with Gasteiger partial charge in [-0.05, 0) is 18.1 Å². The van der Waals surface area contributed by atoms with E-state index >= 15 is 0 Å². The van der Waals surface area contributed by atoms with Crippen molar-refractivity contribution < 1.29 is 9.53 Å². The van der Waals surface area contributed by atoms with Crippen molar-refractivity contribution in [3.8, 4) is 0 Å². The molecular weight excluding hydrogens is 214 g/mol. The predicted molar refractivity (Wildman–Crippen MR) is 67.4 cm³/mol. The van der Waals surface area contributed by atoms with E-state index in [0.717, 1.165) is 11.1 Å². The van der Waals surface area contributed by atoms with Crippen LogP contribution < -0.4 is 0 Å². The molecule has 0 spiro atoms. The van der Waals surface area contributed by atoms with Gasteiger partial charge >= 0.3 is 0 Å². The molecule has 0 bridgehead atoms. The largest absolute Gasteiger partial charge is 0.369 e. The van der Waals surface area contributed by atoms with Crippen LogP contribution in [-0.2, 0) is 9.53 Å². The molecule has 0 unspecified atom stereocenters. The zero-order valence-corrected chi connectivity index (χ0v) is 10.4. The topological polar surface area (TPSA) is 29.5 Å². The Bertz CT molecular complexity index is 439. The lowest BCUT2D eigenvalue weighted by atomic mass is 9.91. The summed E-state index contributed by atoms with van der Waals surface area (Å²) in [7, 11) is 3.39. The van der Waals surface area contributed by atoms with Gasteiger partial charge in [-0.25, -0.2) is 0 Å². The van der Waals surface area contributed by atoms with Gasteiger partial charge in [0, 0.05) is 14.2 Å². The summed E-state index contributed by atoms with van der Waals surface area (Å²) in [5.74, 6) is 0.0540. The zero-order chi connectivity index (χ0) is 12.4. The van der Waals surface area contributed by atoms with E-state index in [2.05, 4.69) is 6.08 Å². The third-order valence-electron chi connectivity index (χ3n) is 3.21. The Morgan fingerprint density at radius 3 is 2.59 bits per heavy atom. The van der Waals surface area contributed by atoms with Crippen molar-refractivity contribution in [3.05, 3.63) is 41.5 Å². The summed E-state index contributed by atoms with van der Waals surface area (Å²) in [6, 6.07) is 10.2. The van der Waals surface area contributed by atoms with E-state index in [1.807, 2.05) is 44.3 Å². The molecule has 0 aliphatic carbocycles. The van der Waals surface area contributed by atoms with Gasteiger partial charge in [0.05, 0.1) is 6.04 Å². The molecular formula is C14H17NO2. The minimum atomic E-state index is -0.319. The second-order valence-electron chi connectivity index (χ2n) is 4.35. The maximum atomic E-state index is 11.5. The standard InChI is InChI=1S/C14H17NO2/c1-10(9-11-7-5-4-6-8-11)12-13(17-3)14(16)15(12)2/h4-9,12-13H,1-3H3/b10-9-/t12-,13+/m1/s1. The Hall–Kier alpha value is -1.61. The van der Waals surface area contributed by atoms with Crippen LogP contribution >= 0.6 is 0 Å². The van der Waals surface area contributed by atoms with Crippen LogP contribution in [0.25, 0.3) is 6.08 Å². The average Bonchev–Trinajstić information content (AvgIpc) is 2.35. The fourth-order valence-corrected chi connectivity index (χ4v) is 2.27. The van der Waals surface area contributed by atoms with Gasteiger partial charge in [-0.15, -0.1) is 0 Å². The van der Waals surface area contributed by atoms with Crippen LogP contribution in [0.15, 0.2) is 35.9 Å². The molecule has 2 rings (SSSR count). The molecule has 3 heteroatoms. The number of hydrogen-bond donors (Lipinski definition) is 0. The number of ether oxygens (including phenoxy) is 1.